The smallest absolute Gasteiger partial charge is 0.276 e. The van der Waals surface area contributed by atoms with Crippen LogP contribution in [0.25, 0.3) is 11.3 Å². The second kappa shape index (κ2) is 4.80. The summed E-state index contributed by atoms with van der Waals surface area (Å²) in [6.45, 7) is 1.90. The van der Waals surface area contributed by atoms with Crippen LogP contribution in [0.5, 0.6) is 0 Å². The SMILES string of the molecule is Cc1ccc(NC(=O)c2n[nH]c3c2-c2[nH]ncc2CC3)cn1. The van der Waals surface area contributed by atoms with Crippen LogP contribution >= 0.6 is 0 Å². The van der Waals surface area contributed by atoms with E-state index in [2.05, 4.69) is 30.7 Å². The number of nitrogens with one attached hydrogen (secondary N) is 3. The lowest BCUT2D eigenvalue weighted by Crippen LogP contribution is -2.15. The van der Waals surface area contributed by atoms with Gasteiger partial charge >= 0.3 is 0 Å². The number of carbonyl (C=O) groups excluding carboxylic acids is 1. The molecular weight excluding hydrogens is 280 g/mol. The Balaban J connectivity index is 1.68. The van der Waals surface area contributed by atoms with Crippen molar-refractivity contribution < 1.29 is 4.79 Å². The molecule has 0 radical (unpaired) electrons. The summed E-state index contributed by atoms with van der Waals surface area (Å²) < 4.78 is 0. The van der Waals surface area contributed by atoms with Crippen LogP contribution in [0, 0.1) is 6.92 Å². The van der Waals surface area contributed by atoms with Crippen molar-refractivity contribution >= 4 is 11.6 Å². The van der Waals surface area contributed by atoms with Crippen molar-refractivity contribution in [1.82, 2.24) is 25.4 Å². The number of H-pyrrole nitrogens is 2. The van der Waals surface area contributed by atoms with E-state index in [0.717, 1.165) is 41.1 Å². The lowest BCUT2D eigenvalue weighted by molar-refractivity contribution is 0.102. The zero-order valence-corrected chi connectivity index (χ0v) is 12.0. The minimum absolute atomic E-state index is 0.259. The maximum atomic E-state index is 12.5. The Hall–Kier alpha value is -2.96. The van der Waals surface area contributed by atoms with Gasteiger partial charge in [-0.25, -0.2) is 0 Å². The maximum absolute atomic E-state index is 12.5. The molecule has 0 saturated carbocycles. The molecule has 0 atom stereocenters. The first-order valence-corrected chi connectivity index (χ1v) is 7.06. The normalized spacial score (nSPS) is 12.6. The highest BCUT2D eigenvalue weighted by Gasteiger charge is 2.27. The largest absolute Gasteiger partial charge is 0.319 e. The number of rotatable bonds is 2. The Labute approximate surface area is 126 Å². The summed E-state index contributed by atoms with van der Waals surface area (Å²) in [4.78, 5) is 16.7. The number of hydrogen-bond donors (Lipinski definition) is 3. The van der Waals surface area contributed by atoms with Crippen LogP contribution in [0.3, 0.4) is 0 Å². The van der Waals surface area contributed by atoms with E-state index in [0.29, 0.717) is 11.4 Å². The van der Waals surface area contributed by atoms with Gasteiger partial charge in [-0.05, 0) is 37.5 Å². The van der Waals surface area contributed by atoms with Gasteiger partial charge in [-0.1, -0.05) is 0 Å². The zero-order valence-electron chi connectivity index (χ0n) is 12.0. The highest BCUT2D eigenvalue weighted by Crippen LogP contribution is 2.33. The van der Waals surface area contributed by atoms with Crippen LogP contribution in [0.2, 0.25) is 0 Å². The van der Waals surface area contributed by atoms with Gasteiger partial charge in [0.05, 0.1) is 29.3 Å². The first kappa shape index (κ1) is 12.8. The summed E-state index contributed by atoms with van der Waals surface area (Å²) in [5.74, 6) is -0.259. The number of nitrogens with zero attached hydrogens (tertiary/aromatic N) is 3. The van der Waals surface area contributed by atoms with Gasteiger partial charge in [-0.15, -0.1) is 0 Å². The quantitative estimate of drug-likeness (QED) is 0.671. The minimum Gasteiger partial charge on any atom is -0.319 e. The van der Waals surface area contributed by atoms with Gasteiger partial charge in [-0.3, -0.25) is 20.0 Å². The average Bonchev–Trinajstić information content (AvgIpc) is 3.14. The topological polar surface area (TPSA) is 99.3 Å². The van der Waals surface area contributed by atoms with Gasteiger partial charge < -0.3 is 5.32 Å². The molecular formula is C15H14N6O. The molecule has 7 nitrogen and oxygen atoms in total. The van der Waals surface area contributed by atoms with Crippen LogP contribution in [-0.4, -0.2) is 31.3 Å². The number of hydrogen-bond acceptors (Lipinski definition) is 4. The van der Waals surface area contributed by atoms with E-state index in [-0.39, 0.29) is 5.91 Å². The Bertz CT molecular complexity index is 845. The van der Waals surface area contributed by atoms with E-state index in [1.54, 1.807) is 12.4 Å². The molecule has 3 aromatic rings. The molecule has 0 saturated heterocycles. The molecule has 0 fully saturated rings. The number of pyridine rings is 1. The van der Waals surface area contributed by atoms with Gasteiger partial charge in [0.25, 0.3) is 5.91 Å². The summed E-state index contributed by atoms with van der Waals surface area (Å²) in [6.07, 6.45) is 5.16. The lowest BCUT2D eigenvalue weighted by Gasteiger charge is -2.11. The summed E-state index contributed by atoms with van der Waals surface area (Å²) >= 11 is 0. The predicted molar refractivity (Wildman–Crippen MR) is 80.5 cm³/mol. The number of aromatic nitrogens is 5. The predicted octanol–water partition coefficient (Wildman–Crippen LogP) is 1.85. The highest BCUT2D eigenvalue weighted by molar-refractivity contribution is 6.07. The third kappa shape index (κ3) is 1.98. The van der Waals surface area contributed by atoms with Crippen LogP contribution < -0.4 is 5.32 Å². The van der Waals surface area contributed by atoms with Crippen molar-refractivity contribution in [2.75, 3.05) is 5.32 Å². The Kier molecular flexibility index (Phi) is 2.78. The first-order valence-electron chi connectivity index (χ1n) is 7.06. The molecule has 3 aromatic heterocycles. The molecule has 1 aliphatic carbocycles. The standard InChI is InChI=1S/C15H14N6O/c1-8-2-4-10(7-16-8)18-15(22)14-12-11(19-21-14)5-3-9-6-17-20-13(9)12/h2,4,6-7H,3,5H2,1H3,(H,17,20)(H,18,22)(H,19,21). The lowest BCUT2D eigenvalue weighted by atomic mass is 9.94. The molecule has 22 heavy (non-hydrogen) atoms. The number of fused-ring (bicyclic) bond motifs is 3. The van der Waals surface area contributed by atoms with E-state index in [1.807, 2.05) is 19.1 Å². The second-order valence-corrected chi connectivity index (χ2v) is 5.34. The van der Waals surface area contributed by atoms with Crippen molar-refractivity contribution in [1.29, 1.82) is 0 Å². The van der Waals surface area contributed by atoms with Crippen LogP contribution in [0.1, 0.15) is 27.4 Å². The molecule has 1 amide bonds. The number of aromatic amines is 2. The van der Waals surface area contributed by atoms with E-state index in [1.165, 1.54) is 0 Å². The molecule has 7 heteroatoms. The molecule has 0 aliphatic heterocycles. The van der Waals surface area contributed by atoms with Crippen molar-refractivity contribution in [2.24, 2.45) is 0 Å². The van der Waals surface area contributed by atoms with Crippen molar-refractivity contribution in [3.8, 4) is 11.3 Å². The summed E-state index contributed by atoms with van der Waals surface area (Å²) in [5.41, 5.74) is 5.69. The van der Waals surface area contributed by atoms with E-state index < -0.39 is 0 Å². The maximum Gasteiger partial charge on any atom is 0.276 e. The number of carbonyl (C=O) groups is 1. The molecule has 4 rings (SSSR count). The fraction of sp³-hybridized carbons (Fsp3) is 0.200. The number of anilines is 1. The molecule has 0 bridgehead atoms. The molecule has 0 unspecified atom stereocenters. The second-order valence-electron chi connectivity index (χ2n) is 5.34. The van der Waals surface area contributed by atoms with Gasteiger partial charge in [0.15, 0.2) is 5.69 Å². The van der Waals surface area contributed by atoms with Crippen LogP contribution in [-0.2, 0) is 12.8 Å². The molecule has 3 N–H and O–H groups in total. The third-order valence-electron chi connectivity index (χ3n) is 3.84. The third-order valence-corrected chi connectivity index (χ3v) is 3.84. The fourth-order valence-corrected chi connectivity index (χ4v) is 2.70. The van der Waals surface area contributed by atoms with Gasteiger partial charge in [0.1, 0.15) is 0 Å². The van der Waals surface area contributed by atoms with Gasteiger partial charge in [0.2, 0.25) is 0 Å². The van der Waals surface area contributed by atoms with Crippen molar-refractivity contribution in [3.63, 3.8) is 0 Å². The van der Waals surface area contributed by atoms with Crippen LogP contribution in [0.15, 0.2) is 24.5 Å². The van der Waals surface area contributed by atoms with E-state index >= 15 is 0 Å². The molecule has 3 heterocycles. The Morgan fingerprint density at radius 2 is 2.14 bits per heavy atom. The highest BCUT2D eigenvalue weighted by atomic mass is 16.1. The Morgan fingerprint density at radius 3 is 2.95 bits per heavy atom. The van der Waals surface area contributed by atoms with Gasteiger partial charge in [0, 0.05) is 11.4 Å². The van der Waals surface area contributed by atoms with Crippen LogP contribution in [0.4, 0.5) is 5.69 Å². The van der Waals surface area contributed by atoms with Gasteiger partial charge in [-0.2, -0.15) is 10.2 Å². The monoisotopic (exact) mass is 294 g/mol. The molecule has 0 spiro atoms. The summed E-state index contributed by atoms with van der Waals surface area (Å²) in [7, 11) is 0. The fourth-order valence-electron chi connectivity index (χ4n) is 2.70. The first-order chi connectivity index (χ1) is 10.7. The minimum atomic E-state index is -0.259. The molecule has 0 aromatic carbocycles. The summed E-state index contributed by atoms with van der Waals surface area (Å²) in [6, 6.07) is 3.67. The molecule has 110 valence electrons. The zero-order chi connectivity index (χ0) is 15.1. The molecule has 1 aliphatic rings. The number of aryl methyl sites for hydroxylation is 3. The van der Waals surface area contributed by atoms with Crippen molar-refractivity contribution in [2.45, 2.75) is 19.8 Å². The van der Waals surface area contributed by atoms with E-state index in [9.17, 15) is 4.79 Å². The average molecular weight is 294 g/mol. The Morgan fingerprint density at radius 1 is 1.23 bits per heavy atom. The number of amides is 1. The summed E-state index contributed by atoms with van der Waals surface area (Å²) in [5, 5.41) is 17.0. The van der Waals surface area contributed by atoms with Crippen molar-refractivity contribution in [3.05, 3.63) is 47.2 Å². The van der Waals surface area contributed by atoms with E-state index in [4.69, 9.17) is 0 Å².